The van der Waals surface area contributed by atoms with Gasteiger partial charge in [0.25, 0.3) is 0 Å². The molecule has 21 heavy (non-hydrogen) atoms. The third-order valence-electron chi connectivity index (χ3n) is 3.35. The van der Waals surface area contributed by atoms with Crippen LogP contribution in [0.1, 0.15) is 39.4 Å². The summed E-state index contributed by atoms with van der Waals surface area (Å²) in [5.74, 6) is -0.292. The summed E-state index contributed by atoms with van der Waals surface area (Å²) < 4.78 is 66.9. The van der Waals surface area contributed by atoms with Crippen molar-refractivity contribution in [3.8, 4) is 5.88 Å². The van der Waals surface area contributed by atoms with Crippen molar-refractivity contribution in [2.45, 2.75) is 25.7 Å². The molecule has 0 saturated heterocycles. The van der Waals surface area contributed by atoms with Crippen molar-refractivity contribution < 1.29 is 15.7 Å². The Morgan fingerprint density at radius 3 is 3.10 bits per heavy atom. The molecule has 0 spiro atoms. The molecule has 0 N–H and O–H groups in total. The lowest BCUT2D eigenvalue weighted by Crippen LogP contribution is -2.19. The second kappa shape index (κ2) is 5.17. The first-order chi connectivity index (χ1) is 13.4. The van der Waals surface area contributed by atoms with Crippen LogP contribution in [0.15, 0.2) is 49.6 Å². The van der Waals surface area contributed by atoms with E-state index < -0.39 is 31.8 Å². The van der Waals surface area contributed by atoms with E-state index in [-0.39, 0.29) is 34.4 Å². The molecule has 3 heterocycles. The number of hydrogen-bond acceptors (Lipinski definition) is 3. The molecule has 106 valence electrons. The van der Waals surface area contributed by atoms with Gasteiger partial charge in [0.05, 0.1) is 8.44 Å². The van der Waals surface area contributed by atoms with Gasteiger partial charge in [-0.1, -0.05) is 24.8 Å². The van der Waals surface area contributed by atoms with E-state index in [0.717, 1.165) is 6.20 Å². The maximum atomic E-state index is 8.18. The number of nitrogens with zero attached hydrogens (tertiary/aromatic N) is 2. The molecule has 0 amide bonds. The summed E-state index contributed by atoms with van der Waals surface area (Å²) in [5.41, 5.74) is 0.470. The number of hydrogen-bond donors (Lipinski definition) is 0. The summed E-state index contributed by atoms with van der Waals surface area (Å²) in [7, 11) is 0. The van der Waals surface area contributed by atoms with Crippen molar-refractivity contribution in [2.24, 2.45) is 0 Å². The fourth-order valence-electron chi connectivity index (χ4n) is 2.31. The Hall–Kier alpha value is -2.42. The molecule has 0 saturated carbocycles. The van der Waals surface area contributed by atoms with Crippen molar-refractivity contribution in [2.75, 3.05) is 0 Å². The lowest BCUT2D eigenvalue weighted by atomic mass is 9.91. The van der Waals surface area contributed by atoms with Crippen molar-refractivity contribution in [3.63, 3.8) is 0 Å². The minimum Gasteiger partial charge on any atom is -0.468 e. The molecular formula is C18H18N2O. The Kier molecular flexibility index (Phi) is 1.73. The Morgan fingerprint density at radius 1 is 1.43 bits per heavy atom. The van der Waals surface area contributed by atoms with Gasteiger partial charge in [-0.2, -0.15) is 0 Å². The van der Waals surface area contributed by atoms with Gasteiger partial charge >= 0.3 is 0 Å². The molecule has 2 aromatic heterocycles. The molecule has 1 aliphatic heterocycles. The van der Waals surface area contributed by atoms with Gasteiger partial charge < -0.3 is 4.74 Å². The van der Waals surface area contributed by atoms with Gasteiger partial charge in [0.15, 0.2) is 0 Å². The topological polar surface area (TPSA) is 35.0 Å². The molecular weight excluding hydrogens is 260 g/mol. The quantitative estimate of drug-likeness (QED) is 0.804. The zero-order valence-corrected chi connectivity index (χ0v) is 11.2. The lowest BCUT2D eigenvalue weighted by molar-refractivity contribution is 0.270. The first kappa shape index (κ1) is 7.03. The van der Waals surface area contributed by atoms with Crippen LogP contribution in [0.4, 0.5) is 0 Å². The van der Waals surface area contributed by atoms with Crippen LogP contribution in [0.3, 0.4) is 0 Å². The molecule has 3 nitrogen and oxygen atoms in total. The predicted molar refractivity (Wildman–Crippen MR) is 84.3 cm³/mol. The average Bonchev–Trinajstić information content (AvgIpc) is 2.99. The molecule has 0 radical (unpaired) electrons. The van der Waals surface area contributed by atoms with E-state index in [9.17, 15) is 0 Å². The van der Waals surface area contributed by atoms with Gasteiger partial charge in [-0.15, -0.1) is 6.58 Å². The van der Waals surface area contributed by atoms with Crippen LogP contribution in [0.2, 0.25) is 0 Å². The molecule has 2 atom stereocenters. The zero-order chi connectivity index (χ0) is 21.7. The maximum absolute atomic E-state index is 8.18. The molecule has 3 rings (SSSR count). The SMILES string of the molecule is [2H]c1c(C([2H])([2H])[2H])cnc(C(=C)C2Oc3nc(C([2H])([2H])[2H])ccc3C2C=C)c1[2H]. The minimum atomic E-state index is -2.56. The summed E-state index contributed by atoms with van der Waals surface area (Å²) in [6.07, 6.45) is 1.88. The summed E-state index contributed by atoms with van der Waals surface area (Å²) >= 11 is 0. The second-order valence-electron chi connectivity index (χ2n) is 4.69. The molecule has 3 heteroatoms. The Labute approximate surface area is 136 Å². The molecule has 0 aromatic carbocycles. The zero-order valence-electron chi connectivity index (χ0n) is 19.2. The van der Waals surface area contributed by atoms with E-state index in [1.165, 1.54) is 6.07 Å². The minimum absolute atomic E-state index is 0.0312. The van der Waals surface area contributed by atoms with Crippen LogP contribution >= 0.6 is 0 Å². The summed E-state index contributed by atoms with van der Waals surface area (Å²) in [5, 5.41) is 0. The fourth-order valence-corrected chi connectivity index (χ4v) is 2.31. The van der Waals surface area contributed by atoms with Gasteiger partial charge in [-0.05, 0) is 31.4 Å². The van der Waals surface area contributed by atoms with Crippen molar-refractivity contribution in [1.29, 1.82) is 0 Å². The van der Waals surface area contributed by atoms with Crippen LogP contribution in [0.25, 0.3) is 5.57 Å². The normalized spacial score (nSPS) is 26.5. The highest BCUT2D eigenvalue weighted by atomic mass is 16.5. The predicted octanol–water partition coefficient (Wildman–Crippen LogP) is 3.84. The smallest absolute Gasteiger partial charge is 0.218 e. The summed E-state index contributed by atoms with van der Waals surface area (Å²) in [4.78, 5) is 8.13. The van der Waals surface area contributed by atoms with Crippen molar-refractivity contribution in [3.05, 3.63) is 72.2 Å². The number of aromatic nitrogens is 2. The van der Waals surface area contributed by atoms with E-state index >= 15 is 0 Å². The monoisotopic (exact) mass is 286 g/mol. The van der Waals surface area contributed by atoms with Crippen molar-refractivity contribution in [1.82, 2.24) is 9.97 Å². The highest BCUT2D eigenvalue weighted by molar-refractivity contribution is 5.68. The van der Waals surface area contributed by atoms with Gasteiger partial charge in [0.1, 0.15) is 6.10 Å². The van der Waals surface area contributed by atoms with Gasteiger partial charge in [0.2, 0.25) is 5.88 Å². The molecule has 0 fully saturated rings. The summed E-state index contributed by atoms with van der Waals surface area (Å²) in [6, 6.07) is 2.18. The Bertz CT molecular complexity index is 997. The average molecular weight is 286 g/mol. The van der Waals surface area contributed by atoms with Gasteiger partial charge in [0, 0.05) is 37.2 Å². The van der Waals surface area contributed by atoms with Crippen LogP contribution in [0, 0.1) is 13.7 Å². The van der Waals surface area contributed by atoms with Crippen LogP contribution in [0.5, 0.6) is 5.88 Å². The van der Waals surface area contributed by atoms with Gasteiger partial charge in [-0.25, -0.2) is 4.98 Å². The first-order valence-electron chi connectivity index (χ1n) is 10.3. The number of rotatable bonds is 3. The molecule has 2 aromatic rings. The summed E-state index contributed by atoms with van der Waals surface area (Å²) in [6.45, 7) is 2.77. The fraction of sp³-hybridized carbons (Fsp3) is 0.222. The van der Waals surface area contributed by atoms with Crippen molar-refractivity contribution >= 4 is 5.57 Å². The number of ether oxygens (including phenoxy) is 1. The highest BCUT2D eigenvalue weighted by Crippen LogP contribution is 2.42. The molecule has 0 bridgehead atoms. The van der Waals surface area contributed by atoms with E-state index in [2.05, 4.69) is 23.1 Å². The number of pyridine rings is 2. The second-order valence-corrected chi connectivity index (χ2v) is 4.69. The van der Waals surface area contributed by atoms with Crippen LogP contribution < -0.4 is 4.74 Å². The lowest BCUT2D eigenvalue weighted by Gasteiger charge is -2.18. The van der Waals surface area contributed by atoms with Crippen LogP contribution in [-0.2, 0) is 0 Å². The van der Waals surface area contributed by atoms with Crippen LogP contribution in [-0.4, -0.2) is 16.1 Å². The Balaban J connectivity index is 2.00. The third-order valence-corrected chi connectivity index (χ3v) is 3.35. The van der Waals surface area contributed by atoms with E-state index in [1.54, 1.807) is 12.1 Å². The first-order valence-corrected chi connectivity index (χ1v) is 6.32. The standard InChI is InChI=1S/C18H18N2O/c1-5-14-15-8-7-12(3)20-18(15)21-17(14)13(4)16-9-6-11(2)10-19-16/h5-10,14,17H,1,4H2,2-3H3/i2D3,3D3,6D,9D. The molecule has 0 aliphatic carbocycles. The molecule has 2 unspecified atom stereocenters. The van der Waals surface area contributed by atoms with E-state index in [0.29, 0.717) is 5.56 Å². The number of aryl methyl sites for hydroxylation is 2. The molecule has 1 aliphatic rings. The highest BCUT2D eigenvalue weighted by Gasteiger charge is 2.36. The van der Waals surface area contributed by atoms with Gasteiger partial charge in [-0.3, -0.25) is 4.98 Å². The largest absolute Gasteiger partial charge is 0.468 e. The van der Waals surface area contributed by atoms with E-state index in [4.69, 9.17) is 15.7 Å². The van der Waals surface area contributed by atoms with E-state index in [1.807, 2.05) is 0 Å². The number of fused-ring (bicyclic) bond motifs is 1. The Morgan fingerprint density at radius 2 is 2.33 bits per heavy atom. The maximum Gasteiger partial charge on any atom is 0.218 e. The third kappa shape index (κ3) is 2.35.